The van der Waals surface area contributed by atoms with Crippen LogP contribution in [-0.2, 0) is 4.94 Å². The van der Waals surface area contributed by atoms with Crippen molar-refractivity contribution in [2.45, 2.75) is 19.9 Å². The van der Waals surface area contributed by atoms with Gasteiger partial charge in [-0.2, -0.15) is 11.0 Å². The van der Waals surface area contributed by atoms with Crippen molar-refractivity contribution in [2.24, 2.45) is 0 Å². The summed E-state index contributed by atoms with van der Waals surface area (Å²) in [5.74, 6) is 0. The molecule has 0 saturated carbocycles. The van der Waals surface area contributed by atoms with E-state index < -0.39 is 0 Å². The SMILES string of the molecule is CNONC(C)C. The second kappa shape index (κ2) is 4.05. The van der Waals surface area contributed by atoms with Gasteiger partial charge in [0.05, 0.1) is 0 Å². The van der Waals surface area contributed by atoms with Crippen molar-refractivity contribution in [3.63, 3.8) is 0 Å². The van der Waals surface area contributed by atoms with E-state index in [1.807, 2.05) is 13.8 Å². The number of nitrogens with one attached hydrogen (secondary N) is 2. The number of hydrogen-bond acceptors (Lipinski definition) is 3. The molecule has 3 heteroatoms. The van der Waals surface area contributed by atoms with Crippen LogP contribution in [0.5, 0.6) is 0 Å². The Morgan fingerprint density at radius 2 is 2.00 bits per heavy atom. The molecule has 0 radical (unpaired) electrons. The average Bonchev–Trinajstić information content (AvgIpc) is 1.61. The normalized spacial score (nSPS) is 10.3. The van der Waals surface area contributed by atoms with Crippen LogP contribution in [0.25, 0.3) is 0 Å². The molecule has 0 fully saturated rings. The smallest absolute Gasteiger partial charge is 0.0284 e. The Hall–Kier alpha value is -0.120. The van der Waals surface area contributed by atoms with Gasteiger partial charge < -0.3 is 0 Å². The Morgan fingerprint density at radius 3 is 2.14 bits per heavy atom. The first kappa shape index (κ1) is 6.88. The van der Waals surface area contributed by atoms with Crippen LogP contribution in [0.4, 0.5) is 0 Å². The summed E-state index contributed by atoms with van der Waals surface area (Å²) < 4.78 is 0. The molecule has 0 rings (SSSR count). The lowest BCUT2D eigenvalue weighted by Gasteiger charge is -2.04. The molecule has 3 nitrogen and oxygen atoms in total. The second-order valence-corrected chi connectivity index (χ2v) is 1.58. The predicted octanol–water partition coefficient (Wildman–Crippen LogP) is 0.0504. The van der Waals surface area contributed by atoms with Gasteiger partial charge in [0.15, 0.2) is 0 Å². The summed E-state index contributed by atoms with van der Waals surface area (Å²) in [6, 6.07) is 0.368. The highest BCUT2D eigenvalue weighted by atomic mass is 16.8. The maximum Gasteiger partial charge on any atom is 0.0284 e. The van der Waals surface area contributed by atoms with Crippen LogP contribution in [-0.4, -0.2) is 13.1 Å². The van der Waals surface area contributed by atoms with E-state index in [0.717, 1.165) is 0 Å². The zero-order valence-electron chi connectivity index (χ0n) is 4.99. The zero-order valence-corrected chi connectivity index (χ0v) is 4.99. The summed E-state index contributed by atoms with van der Waals surface area (Å²) >= 11 is 0. The average molecular weight is 104 g/mol. The van der Waals surface area contributed by atoms with E-state index >= 15 is 0 Å². The van der Waals surface area contributed by atoms with E-state index in [4.69, 9.17) is 0 Å². The minimum absolute atomic E-state index is 0.368. The lowest BCUT2D eigenvalue weighted by atomic mass is 10.4. The highest BCUT2D eigenvalue weighted by molar-refractivity contribution is 4.36. The largest absolute Gasteiger partial charge is 0.214 e. The van der Waals surface area contributed by atoms with Gasteiger partial charge in [0.25, 0.3) is 0 Å². The first-order valence-corrected chi connectivity index (χ1v) is 2.35. The van der Waals surface area contributed by atoms with Crippen LogP contribution in [0.3, 0.4) is 0 Å². The molecular formula is C4H12N2O. The van der Waals surface area contributed by atoms with Crippen LogP contribution >= 0.6 is 0 Å². The third-order valence-corrected chi connectivity index (χ3v) is 0.397. The highest BCUT2D eigenvalue weighted by Crippen LogP contribution is 1.70. The zero-order chi connectivity index (χ0) is 5.70. The fourth-order valence-corrected chi connectivity index (χ4v) is 0.177. The molecule has 0 heterocycles. The molecule has 0 saturated heterocycles. The molecule has 0 spiro atoms. The Morgan fingerprint density at radius 1 is 1.43 bits per heavy atom. The Balaban J connectivity index is 2.68. The Labute approximate surface area is 44.0 Å². The van der Waals surface area contributed by atoms with E-state index in [1.54, 1.807) is 7.05 Å². The Kier molecular flexibility index (Phi) is 3.98. The molecule has 0 aliphatic carbocycles. The van der Waals surface area contributed by atoms with E-state index in [-0.39, 0.29) is 0 Å². The summed E-state index contributed by atoms with van der Waals surface area (Å²) in [5.41, 5.74) is 5.17. The molecule has 0 bridgehead atoms. The molecule has 0 atom stereocenters. The molecule has 0 aliphatic heterocycles. The number of hydroxylamine groups is 2. The molecule has 44 valence electrons. The highest BCUT2D eigenvalue weighted by Gasteiger charge is 1.85. The number of hydrogen-bond donors (Lipinski definition) is 2. The molecule has 0 aromatic rings. The molecular weight excluding hydrogens is 92.1 g/mol. The summed E-state index contributed by atoms with van der Waals surface area (Å²) in [6.07, 6.45) is 0. The third kappa shape index (κ3) is 5.88. The first-order valence-electron chi connectivity index (χ1n) is 2.35. The molecule has 0 aromatic heterocycles. The molecule has 0 aromatic carbocycles. The minimum atomic E-state index is 0.368. The van der Waals surface area contributed by atoms with Gasteiger partial charge in [-0.05, 0) is 13.8 Å². The fraction of sp³-hybridized carbons (Fsp3) is 1.00. The molecule has 0 amide bonds. The minimum Gasteiger partial charge on any atom is -0.214 e. The van der Waals surface area contributed by atoms with Gasteiger partial charge in [0.2, 0.25) is 0 Å². The van der Waals surface area contributed by atoms with Crippen LogP contribution in [0, 0.1) is 0 Å². The Bertz CT molecular complexity index is 38.7. The topological polar surface area (TPSA) is 33.3 Å². The van der Waals surface area contributed by atoms with Crippen LogP contribution in [0.2, 0.25) is 0 Å². The summed E-state index contributed by atoms with van der Waals surface area (Å²) in [7, 11) is 1.70. The van der Waals surface area contributed by atoms with Gasteiger partial charge in [-0.1, -0.05) is 0 Å². The quantitative estimate of drug-likeness (QED) is 0.496. The second-order valence-electron chi connectivity index (χ2n) is 1.58. The van der Waals surface area contributed by atoms with Crippen molar-refractivity contribution >= 4 is 0 Å². The lowest BCUT2D eigenvalue weighted by molar-refractivity contribution is -0.0389. The van der Waals surface area contributed by atoms with Gasteiger partial charge in [-0.15, -0.1) is 0 Å². The van der Waals surface area contributed by atoms with E-state index in [9.17, 15) is 0 Å². The summed E-state index contributed by atoms with van der Waals surface area (Å²) in [4.78, 5) is 4.59. The predicted molar refractivity (Wildman–Crippen MR) is 28.4 cm³/mol. The van der Waals surface area contributed by atoms with Crippen LogP contribution < -0.4 is 11.0 Å². The fourth-order valence-electron chi connectivity index (χ4n) is 0.177. The van der Waals surface area contributed by atoms with Crippen molar-refractivity contribution in [2.75, 3.05) is 7.05 Å². The van der Waals surface area contributed by atoms with E-state index in [2.05, 4.69) is 15.9 Å². The van der Waals surface area contributed by atoms with Crippen molar-refractivity contribution in [3.8, 4) is 0 Å². The van der Waals surface area contributed by atoms with Gasteiger partial charge >= 0.3 is 0 Å². The first-order chi connectivity index (χ1) is 3.27. The molecule has 7 heavy (non-hydrogen) atoms. The van der Waals surface area contributed by atoms with Crippen molar-refractivity contribution in [3.05, 3.63) is 0 Å². The maximum absolute atomic E-state index is 4.59. The van der Waals surface area contributed by atoms with Gasteiger partial charge in [0.1, 0.15) is 0 Å². The molecule has 0 unspecified atom stereocenters. The van der Waals surface area contributed by atoms with Crippen molar-refractivity contribution in [1.82, 2.24) is 11.0 Å². The monoisotopic (exact) mass is 104 g/mol. The maximum atomic E-state index is 4.59. The molecule has 0 aliphatic rings. The number of rotatable bonds is 3. The van der Waals surface area contributed by atoms with Crippen LogP contribution in [0.1, 0.15) is 13.8 Å². The van der Waals surface area contributed by atoms with E-state index in [0.29, 0.717) is 6.04 Å². The lowest BCUT2D eigenvalue weighted by Crippen LogP contribution is -2.28. The third-order valence-electron chi connectivity index (χ3n) is 0.397. The van der Waals surface area contributed by atoms with Gasteiger partial charge in [0, 0.05) is 13.1 Å². The van der Waals surface area contributed by atoms with E-state index in [1.165, 1.54) is 0 Å². The van der Waals surface area contributed by atoms with Crippen molar-refractivity contribution < 1.29 is 4.94 Å². The van der Waals surface area contributed by atoms with Crippen molar-refractivity contribution in [1.29, 1.82) is 0 Å². The van der Waals surface area contributed by atoms with Gasteiger partial charge in [-0.25, -0.2) is 4.94 Å². The summed E-state index contributed by atoms with van der Waals surface area (Å²) in [6.45, 7) is 3.99. The van der Waals surface area contributed by atoms with Crippen LogP contribution in [0.15, 0.2) is 0 Å². The summed E-state index contributed by atoms with van der Waals surface area (Å²) in [5, 5.41) is 0. The standard InChI is InChI=1S/C4H12N2O/c1-4(2)6-7-5-3/h4-6H,1-3H3. The van der Waals surface area contributed by atoms with Gasteiger partial charge in [-0.3, -0.25) is 0 Å². The molecule has 2 N–H and O–H groups in total.